The molecule has 0 bridgehead atoms. The first-order valence-corrected chi connectivity index (χ1v) is 7.59. The number of halogens is 1. The quantitative estimate of drug-likeness (QED) is 0.763. The first-order valence-electron chi connectivity index (χ1n) is 7.21. The van der Waals surface area contributed by atoms with E-state index in [1.807, 2.05) is 13.8 Å². The number of hydrogen-bond acceptors (Lipinski definition) is 4. The number of benzene rings is 1. The Morgan fingerprint density at radius 1 is 1.32 bits per heavy atom. The zero-order valence-electron chi connectivity index (χ0n) is 12.9. The van der Waals surface area contributed by atoms with Gasteiger partial charge in [-0.05, 0) is 32.0 Å². The van der Waals surface area contributed by atoms with Crippen LogP contribution >= 0.6 is 11.6 Å². The Bertz CT molecular complexity index is 519. The second-order valence-corrected chi connectivity index (χ2v) is 4.99. The molecule has 1 aromatic carbocycles. The monoisotopic (exact) mass is 327 g/mol. The molecule has 0 aliphatic heterocycles. The molecular formula is C15H22ClN3O3. The number of carbonyl (C=O) groups excluding carboxylic acids is 2. The molecular weight excluding hydrogens is 306 g/mol. The zero-order valence-corrected chi connectivity index (χ0v) is 13.7. The lowest BCUT2D eigenvalue weighted by atomic mass is 10.3. The van der Waals surface area contributed by atoms with E-state index in [9.17, 15) is 9.59 Å². The summed E-state index contributed by atoms with van der Waals surface area (Å²) in [4.78, 5) is 25.0. The SMILES string of the molecule is CCN(CC)C(=O)COc1ccc(NC(=O)CCN)cc1Cl. The molecule has 1 rings (SSSR count). The van der Waals surface area contributed by atoms with Crippen molar-refractivity contribution in [2.75, 3.05) is 31.6 Å². The fourth-order valence-corrected chi connectivity index (χ4v) is 2.09. The number of anilines is 1. The molecule has 22 heavy (non-hydrogen) atoms. The standard InChI is InChI=1S/C15H22ClN3O3/c1-3-19(4-2)15(21)10-22-13-6-5-11(9-12(13)16)18-14(20)7-8-17/h5-6,9H,3-4,7-8,10,17H2,1-2H3,(H,18,20). The molecule has 0 fully saturated rings. The van der Waals surface area contributed by atoms with Crippen LogP contribution in [0.15, 0.2) is 18.2 Å². The third-order valence-corrected chi connectivity index (χ3v) is 3.35. The average Bonchev–Trinajstić information content (AvgIpc) is 2.48. The van der Waals surface area contributed by atoms with E-state index in [1.165, 1.54) is 0 Å². The summed E-state index contributed by atoms with van der Waals surface area (Å²) in [5.74, 6) is 0.129. The Morgan fingerprint density at radius 2 is 2.00 bits per heavy atom. The van der Waals surface area contributed by atoms with Crippen LogP contribution in [0, 0.1) is 0 Å². The third-order valence-electron chi connectivity index (χ3n) is 3.05. The van der Waals surface area contributed by atoms with Gasteiger partial charge in [0.25, 0.3) is 5.91 Å². The van der Waals surface area contributed by atoms with Crippen molar-refractivity contribution in [3.05, 3.63) is 23.2 Å². The van der Waals surface area contributed by atoms with Gasteiger partial charge in [0, 0.05) is 31.7 Å². The number of amides is 2. The van der Waals surface area contributed by atoms with Crippen LogP contribution in [-0.2, 0) is 9.59 Å². The summed E-state index contributed by atoms with van der Waals surface area (Å²) in [6.07, 6.45) is 0.244. The van der Waals surface area contributed by atoms with E-state index in [1.54, 1.807) is 23.1 Å². The van der Waals surface area contributed by atoms with E-state index in [2.05, 4.69) is 5.32 Å². The molecule has 0 heterocycles. The predicted octanol–water partition coefficient (Wildman–Crippen LogP) is 1.87. The molecule has 0 saturated carbocycles. The van der Waals surface area contributed by atoms with Gasteiger partial charge >= 0.3 is 0 Å². The van der Waals surface area contributed by atoms with Gasteiger partial charge in [-0.15, -0.1) is 0 Å². The van der Waals surface area contributed by atoms with Gasteiger partial charge in [0.2, 0.25) is 5.91 Å². The van der Waals surface area contributed by atoms with E-state index in [0.717, 1.165) is 0 Å². The molecule has 0 spiro atoms. The molecule has 7 heteroatoms. The van der Waals surface area contributed by atoms with Crippen LogP contribution in [-0.4, -0.2) is 43.0 Å². The second kappa shape index (κ2) is 9.27. The summed E-state index contributed by atoms with van der Waals surface area (Å²) in [7, 11) is 0. The smallest absolute Gasteiger partial charge is 0.260 e. The third kappa shape index (κ3) is 5.54. The zero-order chi connectivity index (χ0) is 16.5. The van der Waals surface area contributed by atoms with Gasteiger partial charge in [-0.3, -0.25) is 9.59 Å². The fraction of sp³-hybridized carbons (Fsp3) is 0.467. The van der Waals surface area contributed by atoms with Crippen molar-refractivity contribution in [2.45, 2.75) is 20.3 Å². The molecule has 0 atom stereocenters. The predicted molar refractivity (Wildman–Crippen MR) is 87.2 cm³/mol. The minimum absolute atomic E-state index is 0.0692. The summed E-state index contributed by atoms with van der Waals surface area (Å²) in [5, 5.41) is 3.01. The minimum atomic E-state index is -0.177. The van der Waals surface area contributed by atoms with E-state index in [4.69, 9.17) is 22.1 Å². The fourth-order valence-electron chi connectivity index (χ4n) is 1.86. The number of nitrogens with two attached hydrogens (primary N) is 1. The number of carbonyl (C=O) groups is 2. The number of ether oxygens (including phenoxy) is 1. The van der Waals surface area contributed by atoms with Gasteiger partial charge in [0.1, 0.15) is 5.75 Å². The van der Waals surface area contributed by atoms with Crippen molar-refractivity contribution < 1.29 is 14.3 Å². The summed E-state index contributed by atoms with van der Waals surface area (Å²) in [5.41, 5.74) is 5.87. The van der Waals surface area contributed by atoms with Crippen LogP contribution in [0.5, 0.6) is 5.75 Å². The first kappa shape index (κ1) is 18.3. The van der Waals surface area contributed by atoms with Gasteiger partial charge in [-0.1, -0.05) is 11.6 Å². The van der Waals surface area contributed by atoms with Crippen molar-refractivity contribution in [1.29, 1.82) is 0 Å². The Balaban J connectivity index is 2.62. The molecule has 2 amide bonds. The van der Waals surface area contributed by atoms with Gasteiger partial charge in [-0.25, -0.2) is 0 Å². The van der Waals surface area contributed by atoms with Crippen LogP contribution in [0.3, 0.4) is 0 Å². The molecule has 0 radical (unpaired) electrons. The Labute approximate surface area is 135 Å². The lowest BCUT2D eigenvalue weighted by molar-refractivity contribution is -0.133. The maximum absolute atomic E-state index is 11.9. The second-order valence-electron chi connectivity index (χ2n) is 4.59. The number of nitrogens with zero attached hydrogens (tertiary/aromatic N) is 1. The molecule has 0 aliphatic carbocycles. The average molecular weight is 328 g/mol. The number of likely N-dealkylation sites (N-methyl/N-ethyl adjacent to an activating group) is 1. The van der Waals surface area contributed by atoms with E-state index in [-0.39, 0.29) is 31.4 Å². The summed E-state index contributed by atoms with van der Waals surface area (Å²) in [6, 6.07) is 4.86. The molecule has 3 N–H and O–H groups in total. The van der Waals surface area contributed by atoms with Crippen LogP contribution in [0.1, 0.15) is 20.3 Å². The number of rotatable bonds is 8. The first-order chi connectivity index (χ1) is 10.5. The summed E-state index contributed by atoms with van der Waals surface area (Å²) >= 11 is 6.09. The van der Waals surface area contributed by atoms with Crippen LogP contribution < -0.4 is 15.8 Å². The number of hydrogen-bond donors (Lipinski definition) is 2. The molecule has 6 nitrogen and oxygen atoms in total. The lowest BCUT2D eigenvalue weighted by Gasteiger charge is -2.19. The van der Waals surface area contributed by atoms with Crippen molar-refractivity contribution in [3.8, 4) is 5.75 Å². The molecule has 0 aliphatic rings. The maximum atomic E-state index is 11.9. The Hall–Kier alpha value is -1.79. The summed E-state index contributed by atoms with van der Waals surface area (Å²) in [6.45, 7) is 5.31. The van der Waals surface area contributed by atoms with Crippen LogP contribution in [0.4, 0.5) is 5.69 Å². The highest BCUT2D eigenvalue weighted by atomic mass is 35.5. The molecule has 0 aromatic heterocycles. The van der Waals surface area contributed by atoms with E-state index < -0.39 is 0 Å². The largest absolute Gasteiger partial charge is 0.482 e. The molecule has 0 unspecified atom stereocenters. The highest BCUT2D eigenvalue weighted by Crippen LogP contribution is 2.27. The highest BCUT2D eigenvalue weighted by Gasteiger charge is 2.12. The van der Waals surface area contributed by atoms with Gasteiger partial charge in [0.15, 0.2) is 6.61 Å². The summed E-state index contributed by atoms with van der Waals surface area (Å²) < 4.78 is 5.43. The van der Waals surface area contributed by atoms with Crippen molar-refractivity contribution in [1.82, 2.24) is 4.90 Å². The minimum Gasteiger partial charge on any atom is -0.482 e. The Morgan fingerprint density at radius 3 is 2.55 bits per heavy atom. The van der Waals surface area contributed by atoms with Gasteiger partial charge in [-0.2, -0.15) is 0 Å². The van der Waals surface area contributed by atoms with E-state index in [0.29, 0.717) is 29.5 Å². The van der Waals surface area contributed by atoms with Crippen molar-refractivity contribution in [3.63, 3.8) is 0 Å². The van der Waals surface area contributed by atoms with E-state index >= 15 is 0 Å². The lowest BCUT2D eigenvalue weighted by Crippen LogP contribution is -2.34. The molecule has 1 aromatic rings. The van der Waals surface area contributed by atoms with Gasteiger partial charge < -0.3 is 20.7 Å². The Kier molecular flexibility index (Phi) is 7.70. The molecule has 0 saturated heterocycles. The maximum Gasteiger partial charge on any atom is 0.260 e. The van der Waals surface area contributed by atoms with Crippen molar-refractivity contribution in [2.24, 2.45) is 5.73 Å². The molecule has 122 valence electrons. The van der Waals surface area contributed by atoms with Crippen molar-refractivity contribution >= 4 is 29.1 Å². The highest BCUT2D eigenvalue weighted by molar-refractivity contribution is 6.32. The number of nitrogens with one attached hydrogen (secondary N) is 1. The normalized spacial score (nSPS) is 10.2. The topological polar surface area (TPSA) is 84.7 Å². The van der Waals surface area contributed by atoms with Crippen LogP contribution in [0.25, 0.3) is 0 Å². The van der Waals surface area contributed by atoms with Gasteiger partial charge in [0.05, 0.1) is 5.02 Å². The van der Waals surface area contributed by atoms with Crippen LogP contribution in [0.2, 0.25) is 5.02 Å².